The van der Waals surface area contributed by atoms with E-state index >= 15 is 0 Å². The third-order valence-corrected chi connectivity index (χ3v) is 7.10. The van der Waals surface area contributed by atoms with E-state index in [9.17, 15) is 52.5 Å². The number of aromatic nitrogens is 2. The maximum atomic E-state index is 12.2. The van der Waals surface area contributed by atoms with Gasteiger partial charge in [-0.3, -0.25) is 0 Å². The van der Waals surface area contributed by atoms with Gasteiger partial charge in [-0.2, -0.15) is 39.5 Å². The van der Waals surface area contributed by atoms with Gasteiger partial charge in [0.05, 0.1) is 13.1 Å². The molecule has 0 aromatic carbocycles. The number of rotatable bonds is 19. The summed E-state index contributed by atoms with van der Waals surface area (Å²) in [6, 6.07) is 0. The fraction of sp³-hybridized carbons (Fsp3) is 0.880. The molecule has 238 valence electrons. The van der Waals surface area contributed by atoms with Crippen molar-refractivity contribution in [3.63, 3.8) is 0 Å². The van der Waals surface area contributed by atoms with E-state index in [-0.39, 0.29) is 0 Å². The van der Waals surface area contributed by atoms with Crippen LogP contribution in [0.1, 0.15) is 104 Å². The lowest BCUT2D eigenvalue weighted by molar-refractivity contribution is -0.696. The van der Waals surface area contributed by atoms with Crippen LogP contribution in [0.4, 0.5) is 39.5 Å². The molecule has 0 aliphatic carbocycles. The molecule has 0 bridgehead atoms. The molecular formula is C25H41F9N2O3S. The van der Waals surface area contributed by atoms with E-state index in [0.29, 0.717) is 0 Å². The standard InChI is InChI=1S/C21H41N2.C4HF9O3S/c1-3-5-7-9-10-11-12-13-14-16-18-23-20-19-22(21-23)17-15-8-6-4-2;5-1(6,3(9,10)11)2(7,8)4(12,13)17(14,15)16/h19-21H,3-18H2,1-2H3;(H,14,15,16)/q+1;/p-1. The summed E-state index contributed by atoms with van der Waals surface area (Å²) in [5.41, 5.74) is 0. The Morgan fingerprint density at radius 2 is 1.10 bits per heavy atom. The molecule has 1 rings (SSSR count). The van der Waals surface area contributed by atoms with Gasteiger partial charge in [0, 0.05) is 0 Å². The van der Waals surface area contributed by atoms with Crippen LogP contribution in [-0.4, -0.2) is 40.8 Å². The van der Waals surface area contributed by atoms with Crippen molar-refractivity contribution >= 4 is 10.1 Å². The van der Waals surface area contributed by atoms with Crippen molar-refractivity contribution in [1.82, 2.24) is 4.57 Å². The molecule has 0 saturated heterocycles. The van der Waals surface area contributed by atoms with Crippen molar-refractivity contribution < 1.29 is 57.1 Å². The normalized spacial score (nSPS) is 13.3. The summed E-state index contributed by atoms with van der Waals surface area (Å²) in [5, 5.41) is -7.11. The molecule has 0 unspecified atom stereocenters. The third kappa shape index (κ3) is 12.2. The highest BCUT2D eigenvalue weighted by molar-refractivity contribution is 7.86. The molecule has 0 atom stereocenters. The van der Waals surface area contributed by atoms with Crippen molar-refractivity contribution in [3.05, 3.63) is 18.7 Å². The van der Waals surface area contributed by atoms with E-state index in [1.165, 1.54) is 103 Å². The summed E-state index contributed by atoms with van der Waals surface area (Å²) in [5.74, 6) is -14.8. The Kier molecular flexibility index (Phi) is 16.8. The van der Waals surface area contributed by atoms with Crippen LogP contribution < -0.4 is 4.57 Å². The van der Waals surface area contributed by atoms with Gasteiger partial charge in [-0.25, -0.2) is 17.6 Å². The maximum Gasteiger partial charge on any atom is 0.460 e. The van der Waals surface area contributed by atoms with Gasteiger partial charge < -0.3 is 4.55 Å². The Hall–Kier alpha value is -1.51. The average molecular weight is 621 g/mol. The monoisotopic (exact) mass is 620 g/mol. The molecule has 0 N–H and O–H groups in total. The van der Waals surface area contributed by atoms with Crippen molar-refractivity contribution in [3.8, 4) is 0 Å². The molecule has 5 nitrogen and oxygen atoms in total. The number of unbranched alkanes of at least 4 members (excludes halogenated alkanes) is 12. The molecule has 0 radical (unpaired) electrons. The van der Waals surface area contributed by atoms with E-state index in [1.54, 1.807) is 0 Å². The largest absolute Gasteiger partial charge is 0.743 e. The minimum Gasteiger partial charge on any atom is -0.743 e. The van der Waals surface area contributed by atoms with E-state index in [1.807, 2.05) is 0 Å². The molecule has 0 saturated carbocycles. The van der Waals surface area contributed by atoms with Gasteiger partial charge in [0.15, 0.2) is 10.1 Å². The van der Waals surface area contributed by atoms with E-state index in [2.05, 4.69) is 41.7 Å². The number of halogens is 9. The molecule has 15 heteroatoms. The SMILES string of the molecule is CCCCCCCCCCCC[n+]1ccn(CCCCCC)c1.O=S(=O)([O-])C(F)(F)C(F)(F)C(F)(F)C(F)(F)F. The Balaban J connectivity index is 0.000000799. The summed E-state index contributed by atoms with van der Waals surface area (Å²) in [6.45, 7) is 6.94. The van der Waals surface area contributed by atoms with Gasteiger partial charge in [-0.1, -0.05) is 78.1 Å². The fourth-order valence-corrected chi connectivity index (χ4v) is 4.17. The average Bonchev–Trinajstić information content (AvgIpc) is 3.29. The first-order valence-electron chi connectivity index (χ1n) is 13.6. The molecule has 1 heterocycles. The second kappa shape index (κ2) is 17.4. The van der Waals surface area contributed by atoms with Crippen molar-refractivity contribution in [1.29, 1.82) is 0 Å². The Bertz CT molecular complexity index is 921. The van der Waals surface area contributed by atoms with Crippen LogP contribution in [0, 0.1) is 0 Å². The number of nitrogens with zero attached hydrogens (tertiary/aromatic N) is 2. The number of imidazole rings is 1. The zero-order chi connectivity index (χ0) is 31.1. The number of hydrogen-bond donors (Lipinski definition) is 0. The molecule has 0 amide bonds. The third-order valence-electron chi connectivity index (χ3n) is 6.22. The van der Waals surface area contributed by atoms with Gasteiger partial charge >= 0.3 is 23.3 Å². The molecule has 40 heavy (non-hydrogen) atoms. The Labute approximate surface area is 230 Å². The first kappa shape index (κ1) is 38.5. The Morgan fingerprint density at radius 3 is 1.52 bits per heavy atom. The van der Waals surface area contributed by atoms with E-state index in [4.69, 9.17) is 0 Å². The Morgan fingerprint density at radius 1 is 0.675 bits per heavy atom. The minimum absolute atomic E-state index is 1.19. The first-order chi connectivity index (χ1) is 18.4. The van der Waals surface area contributed by atoms with Crippen molar-refractivity contribution in [2.24, 2.45) is 0 Å². The van der Waals surface area contributed by atoms with Crippen LogP contribution in [0.15, 0.2) is 18.7 Å². The predicted molar refractivity (Wildman–Crippen MR) is 131 cm³/mol. The molecule has 0 spiro atoms. The van der Waals surface area contributed by atoms with Crippen LogP contribution in [0.3, 0.4) is 0 Å². The lowest BCUT2D eigenvalue weighted by atomic mass is 10.1. The van der Waals surface area contributed by atoms with Crippen molar-refractivity contribution in [2.45, 2.75) is 140 Å². The van der Waals surface area contributed by atoms with Crippen molar-refractivity contribution in [2.75, 3.05) is 0 Å². The minimum atomic E-state index is -7.43. The zero-order valence-corrected chi connectivity index (χ0v) is 23.8. The molecular weight excluding hydrogens is 579 g/mol. The van der Waals surface area contributed by atoms with E-state index < -0.39 is 33.4 Å². The fourth-order valence-electron chi connectivity index (χ4n) is 3.72. The highest BCUT2D eigenvalue weighted by atomic mass is 32.2. The highest BCUT2D eigenvalue weighted by Gasteiger charge is 2.83. The molecule has 0 aliphatic rings. The number of aryl methyl sites for hydroxylation is 2. The molecule has 1 aromatic heterocycles. The summed E-state index contributed by atoms with van der Waals surface area (Å²) in [7, 11) is -7.42. The second-order valence-electron chi connectivity index (χ2n) is 9.75. The van der Waals surface area contributed by atoms with Gasteiger partial charge in [-0.05, 0) is 25.7 Å². The van der Waals surface area contributed by atoms with Crippen LogP contribution in [0.2, 0.25) is 0 Å². The molecule has 0 fully saturated rings. The topological polar surface area (TPSA) is 66.0 Å². The van der Waals surface area contributed by atoms with Crippen LogP contribution in [0.5, 0.6) is 0 Å². The quantitative estimate of drug-likeness (QED) is 0.0677. The maximum absolute atomic E-state index is 12.2. The predicted octanol–water partition coefficient (Wildman–Crippen LogP) is 8.23. The first-order valence-corrected chi connectivity index (χ1v) is 15.0. The molecule has 0 aliphatic heterocycles. The number of alkyl halides is 9. The van der Waals surface area contributed by atoms with Crippen LogP contribution in [-0.2, 0) is 23.2 Å². The summed E-state index contributed by atoms with van der Waals surface area (Å²) < 4.78 is 140. The van der Waals surface area contributed by atoms with Gasteiger partial charge in [-0.15, -0.1) is 0 Å². The zero-order valence-electron chi connectivity index (χ0n) is 23.0. The summed E-state index contributed by atoms with van der Waals surface area (Å²) >= 11 is 0. The lowest BCUT2D eigenvalue weighted by Gasteiger charge is -2.34. The van der Waals surface area contributed by atoms with Crippen LogP contribution in [0.25, 0.3) is 0 Å². The summed E-state index contributed by atoms with van der Waals surface area (Å²) in [6.07, 6.45) is 19.2. The lowest BCUT2D eigenvalue weighted by Crippen LogP contribution is -2.63. The summed E-state index contributed by atoms with van der Waals surface area (Å²) in [4.78, 5) is 0. The van der Waals surface area contributed by atoms with Gasteiger partial charge in [0.1, 0.15) is 12.4 Å². The van der Waals surface area contributed by atoms with Crippen LogP contribution >= 0.6 is 0 Å². The van der Waals surface area contributed by atoms with Gasteiger partial charge in [0.2, 0.25) is 6.33 Å². The van der Waals surface area contributed by atoms with Gasteiger partial charge in [0.25, 0.3) is 0 Å². The highest BCUT2D eigenvalue weighted by Crippen LogP contribution is 2.54. The second-order valence-corrected chi connectivity index (χ2v) is 11.2. The number of hydrogen-bond acceptors (Lipinski definition) is 3. The van der Waals surface area contributed by atoms with E-state index in [0.717, 1.165) is 0 Å². The molecule has 1 aromatic rings. The smallest absolute Gasteiger partial charge is 0.460 e.